The molecule has 1 amide bonds. The van der Waals surface area contributed by atoms with Crippen molar-refractivity contribution in [3.8, 4) is 0 Å². The van der Waals surface area contributed by atoms with Crippen LogP contribution in [0.5, 0.6) is 0 Å². The average molecular weight is 199 g/mol. The van der Waals surface area contributed by atoms with E-state index in [4.69, 9.17) is 5.11 Å². The molecule has 5 heteroatoms. The largest absolute Gasteiger partial charge is 0.475 e. The molecular formula is C9H13NO4. The van der Waals surface area contributed by atoms with Crippen molar-refractivity contribution in [2.45, 2.75) is 38.8 Å². The first-order valence-electron chi connectivity index (χ1n) is 4.38. The van der Waals surface area contributed by atoms with Gasteiger partial charge >= 0.3 is 17.7 Å². The summed E-state index contributed by atoms with van der Waals surface area (Å²) in [7, 11) is 0. The van der Waals surface area contributed by atoms with E-state index in [0.29, 0.717) is 0 Å². The third kappa shape index (κ3) is 1.49. The highest BCUT2D eigenvalue weighted by Gasteiger charge is 2.48. The quantitative estimate of drug-likeness (QED) is 0.503. The standard InChI is InChI=1S/C9H13NO4/c1-5-4-9(2,3)10(5)7(12)6(11)8(13)14/h5H,4H2,1-3H3,(H,13,14). The number of carbonyl (C=O) groups is 3. The average Bonchev–Trinajstić information content (AvgIpc) is 2.00. The number of carbonyl (C=O) groups excluding carboxylic acids is 2. The fraction of sp³-hybridized carbons (Fsp3) is 0.667. The van der Waals surface area contributed by atoms with Gasteiger partial charge in [-0.3, -0.25) is 9.59 Å². The summed E-state index contributed by atoms with van der Waals surface area (Å²) in [5, 5.41) is 8.38. The molecule has 0 aromatic carbocycles. The first-order valence-corrected chi connectivity index (χ1v) is 4.38. The summed E-state index contributed by atoms with van der Waals surface area (Å²) in [5.41, 5.74) is -0.401. The second kappa shape index (κ2) is 3.08. The van der Waals surface area contributed by atoms with Crippen LogP contribution >= 0.6 is 0 Å². The third-order valence-electron chi connectivity index (χ3n) is 2.50. The van der Waals surface area contributed by atoms with Crippen LogP contribution in [0, 0.1) is 0 Å². The summed E-state index contributed by atoms with van der Waals surface area (Å²) >= 11 is 0. The van der Waals surface area contributed by atoms with Gasteiger partial charge in [0.25, 0.3) is 0 Å². The van der Waals surface area contributed by atoms with Gasteiger partial charge < -0.3 is 10.0 Å². The number of Topliss-reactive ketones (excluding diaryl/α,β-unsaturated/α-hetero) is 1. The maximum atomic E-state index is 11.4. The Morgan fingerprint density at radius 1 is 1.36 bits per heavy atom. The topological polar surface area (TPSA) is 74.7 Å². The predicted octanol–water partition coefficient (Wildman–Crippen LogP) is 0.0395. The summed E-state index contributed by atoms with van der Waals surface area (Å²) in [5.74, 6) is -3.96. The zero-order valence-corrected chi connectivity index (χ0v) is 8.40. The molecule has 0 aromatic heterocycles. The van der Waals surface area contributed by atoms with Gasteiger partial charge in [-0.2, -0.15) is 0 Å². The Kier molecular flexibility index (Phi) is 2.35. The minimum Gasteiger partial charge on any atom is -0.475 e. The fourth-order valence-corrected chi connectivity index (χ4v) is 2.07. The van der Waals surface area contributed by atoms with Gasteiger partial charge in [-0.15, -0.1) is 0 Å². The number of ketones is 1. The zero-order chi connectivity index (χ0) is 11.1. The van der Waals surface area contributed by atoms with Crippen molar-refractivity contribution >= 4 is 17.7 Å². The van der Waals surface area contributed by atoms with Gasteiger partial charge in [-0.25, -0.2) is 4.79 Å². The molecular weight excluding hydrogens is 186 g/mol. The number of amides is 1. The third-order valence-corrected chi connectivity index (χ3v) is 2.50. The molecule has 0 aromatic rings. The molecule has 78 valence electrons. The van der Waals surface area contributed by atoms with Gasteiger partial charge in [0, 0.05) is 11.6 Å². The van der Waals surface area contributed by atoms with Crippen molar-refractivity contribution in [1.82, 2.24) is 4.90 Å². The Labute approximate surface area is 81.7 Å². The molecule has 1 heterocycles. The van der Waals surface area contributed by atoms with Gasteiger partial charge in [0.1, 0.15) is 0 Å². The van der Waals surface area contributed by atoms with Gasteiger partial charge in [-0.05, 0) is 27.2 Å². The monoisotopic (exact) mass is 199 g/mol. The fourth-order valence-electron chi connectivity index (χ4n) is 2.07. The second-order valence-electron chi connectivity index (χ2n) is 4.18. The van der Waals surface area contributed by atoms with Crippen molar-refractivity contribution < 1.29 is 19.5 Å². The molecule has 1 saturated heterocycles. The van der Waals surface area contributed by atoms with Crippen molar-refractivity contribution in [2.24, 2.45) is 0 Å². The maximum Gasteiger partial charge on any atom is 0.382 e. The number of nitrogens with zero attached hydrogens (tertiary/aromatic N) is 1. The van der Waals surface area contributed by atoms with E-state index in [1.54, 1.807) is 20.8 Å². The predicted molar refractivity (Wildman–Crippen MR) is 47.6 cm³/mol. The zero-order valence-electron chi connectivity index (χ0n) is 8.40. The Morgan fingerprint density at radius 3 is 2.14 bits per heavy atom. The number of hydrogen-bond acceptors (Lipinski definition) is 3. The van der Waals surface area contributed by atoms with E-state index in [9.17, 15) is 14.4 Å². The van der Waals surface area contributed by atoms with E-state index in [1.807, 2.05) is 0 Å². The number of aliphatic carboxylic acids is 1. The molecule has 1 atom stereocenters. The molecule has 0 spiro atoms. The minimum absolute atomic E-state index is 0.0548. The lowest BCUT2D eigenvalue weighted by Crippen LogP contribution is -2.65. The molecule has 0 bridgehead atoms. The lowest BCUT2D eigenvalue weighted by Gasteiger charge is -2.53. The molecule has 0 saturated carbocycles. The van der Waals surface area contributed by atoms with E-state index in [-0.39, 0.29) is 6.04 Å². The van der Waals surface area contributed by atoms with E-state index < -0.39 is 23.2 Å². The highest BCUT2D eigenvalue weighted by Crippen LogP contribution is 2.35. The Balaban J connectivity index is 2.80. The Bertz CT molecular complexity index is 308. The minimum atomic E-state index is -1.69. The molecule has 0 radical (unpaired) electrons. The van der Waals surface area contributed by atoms with E-state index in [1.165, 1.54) is 4.90 Å². The van der Waals surface area contributed by atoms with Crippen molar-refractivity contribution in [3.05, 3.63) is 0 Å². The second-order valence-corrected chi connectivity index (χ2v) is 4.18. The van der Waals surface area contributed by atoms with Gasteiger partial charge in [0.2, 0.25) is 0 Å². The highest BCUT2D eigenvalue weighted by atomic mass is 16.4. The molecule has 1 rings (SSSR count). The Hall–Kier alpha value is -1.39. The van der Waals surface area contributed by atoms with Crippen LogP contribution in [-0.4, -0.2) is 39.2 Å². The van der Waals surface area contributed by atoms with Gasteiger partial charge in [0.15, 0.2) is 0 Å². The van der Waals surface area contributed by atoms with Crippen LogP contribution in [0.15, 0.2) is 0 Å². The number of rotatable bonds is 2. The first kappa shape index (κ1) is 10.7. The molecule has 1 N–H and O–H groups in total. The molecule has 1 unspecified atom stereocenters. The van der Waals surface area contributed by atoms with Crippen LogP contribution in [0.25, 0.3) is 0 Å². The molecule has 1 fully saturated rings. The summed E-state index contributed by atoms with van der Waals surface area (Å²) in [6.45, 7) is 5.40. The summed E-state index contributed by atoms with van der Waals surface area (Å²) in [6.07, 6.45) is 0.783. The van der Waals surface area contributed by atoms with Crippen LogP contribution in [0.3, 0.4) is 0 Å². The number of carboxylic acid groups (broad SMARTS) is 1. The normalized spacial score (nSPS) is 23.9. The summed E-state index contributed by atoms with van der Waals surface area (Å²) in [6, 6.07) is -0.0548. The van der Waals surface area contributed by atoms with Gasteiger partial charge in [0.05, 0.1) is 0 Å². The first-order chi connectivity index (χ1) is 6.27. The van der Waals surface area contributed by atoms with Crippen molar-refractivity contribution in [3.63, 3.8) is 0 Å². The highest BCUT2D eigenvalue weighted by molar-refractivity contribution is 6.61. The Morgan fingerprint density at radius 2 is 1.86 bits per heavy atom. The van der Waals surface area contributed by atoms with Crippen LogP contribution in [0.4, 0.5) is 0 Å². The van der Waals surface area contributed by atoms with Gasteiger partial charge in [-0.1, -0.05) is 0 Å². The van der Waals surface area contributed by atoms with Crippen LogP contribution in [0.1, 0.15) is 27.2 Å². The molecule has 1 aliphatic heterocycles. The van der Waals surface area contributed by atoms with Crippen LogP contribution in [-0.2, 0) is 14.4 Å². The summed E-state index contributed by atoms with van der Waals surface area (Å²) < 4.78 is 0. The summed E-state index contributed by atoms with van der Waals surface area (Å²) in [4.78, 5) is 33.9. The van der Waals surface area contributed by atoms with E-state index in [2.05, 4.69) is 0 Å². The number of hydrogen-bond donors (Lipinski definition) is 1. The number of carboxylic acids is 1. The maximum absolute atomic E-state index is 11.4. The molecule has 5 nitrogen and oxygen atoms in total. The SMILES string of the molecule is CC1CC(C)(C)N1C(=O)C(=O)C(=O)O. The van der Waals surface area contributed by atoms with E-state index in [0.717, 1.165) is 6.42 Å². The number of likely N-dealkylation sites (tertiary alicyclic amines) is 1. The molecule has 14 heavy (non-hydrogen) atoms. The molecule has 1 aliphatic rings. The van der Waals surface area contributed by atoms with E-state index >= 15 is 0 Å². The molecule has 0 aliphatic carbocycles. The lowest BCUT2D eigenvalue weighted by atomic mass is 9.82. The van der Waals surface area contributed by atoms with Crippen molar-refractivity contribution in [1.29, 1.82) is 0 Å². The van der Waals surface area contributed by atoms with Crippen LogP contribution in [0.2, 0.25) is 0 Å². The smallest absolute Gasteiger partial charge is 0.382 e. The van der Waals surface area contributed by atoms with Crippen LogP contribution < -0.4 is 0 Å². The lowest BCUT2D eigenvalue weighted by molar-refractivity contribution is -0.165. The van der Waals surface area contributed by atoms with Crippen molar-refractivity contribution in [2.75, 3.05) is 0 Å².